The van der Waals surface area contributed by atoms with E-state index in [1.54, 1.807) is 12.9 Å². The molecule has 0 aromatic carbocycles. The van der Waals surface area contributed by atoms with E-state index in [1.165, 1.54) is 0 Å². The second kappa shape index (κ2) is 2.50. The third-order valence-electron chi connectivity index (χ3n) is 1.42. The maximum atomic E-state index is 10.2. The zero-order valence-corrected chi connectivity index (χ0v) is 5.51. The van der Waals surface area contributed by atoms with Crippen LogP contribution in [0.2, 0.25) is 0 Å². The first kappa shape index (κ1) is 6.78. The minimum Gasteiger partial charge on any atom is -0.484 e. The topological polar surface area (TPSA) is 43.4 Å². The third-order valence-corrected chi connectivity index (χ3v) is 1.42. The van der Waals surface area contributed by atoms with Gasteiger partial charge in [0, 0.05) is 5.57 Å². The van der Waals surface area contributed by atoms with Crippen molar-refractivity contribution >= 4 is 12.2 Å². The number of aldehydes is 1. The molecule has 0 N–H and O–H groups in total. The highest BCUT2D eigenvalue weighted by atomic mass is 16.5. The minimum atomic E-state index is 0.184. The molecule has 0 bridgehead atoms. The third kappa shape index (κ3) is 0.870. The van der Waals surface area contributed by atoms with Gasteiger partial charge >= 0.3 is 0 Å². The van der Waals surface area contributed by atoms with Gasteiger partial charge in [-0.3, -0.25) is 4.79 Å². The Morgan fingerprint density at radius 1 is 1.70 bits per heavy atom. The number of carbonyl (C=O) groups excluding carboxylic acids is 2. The van der Waals surface area contributed by atoms with Gasteiger partial charge in [-0.05, 0) is 6.92 Å². The van der Waals surface area contributed by atoms with Gasteiger partial charge in [-0.2, -0.15) is 0 Å². The molecular formula is C7H6O3. The van der Waals surface area contributed by atoms with E-state index >= 15 is 0 Å². The molecule has 0 saturated carbocycles. The fourth-order valence-electron chi connectivity index (χ4n) is 0.744. The summed E-state index contributed by atoms with van der Waals surface area (Å²) in [5.41, 5.74) is 1.03. The predicted molar refractivity (Wildman–Crippen MR) is 33.9 cm³/mol. The first-order valence-corrected chi connectivity index (χ1v) is 2.82. The summed E-state index contributed by atoms with van der Waals surface area (Å²) >= 11 is 0. The zero-order chi connectivity index (χ0) is 7.56. The quantitative estimate of drug-likeness (QED) is 0.385. The number of hydrogen-bond donors (Lipinski definition) is 0. The summed E-state index contributed by atoms with van der Waals surface area (Å²) in [5, 5.41) is 0. The molecule has 1 rings (SSSR count). The molecule has 10 heavy (non-hydrogen) atoms. The number of ether oxygens (including phenoxy) is 1. The van der Waals surface area contributed by atoms with Crippen LogP contribution in [0.5, 0.6) is 0 Å². The average Bonchev–Trinajstić information content (AvgIpc) is 2.30. The van der Waals surface area contributed by atoms with E-state index < -0.39 is 0 Å². The summed E-state index contributed by atoms with van der Waals surface area (Å²) in [6.45, 7) is 1.85. The number of carbonyl (C=O) groups is 1. The Balaban J connectivity index is 3.05. The number of allylic oxidation sites excluding steroid dienone is 1. The summed E-state index contributed by atoms with van der Waals surface area (Å²) in [6, 6.07) is 0. The molecule has 0 unspecified atom stereocenters. The highest BCUT2D eigenvalue weighted by Crippen LogP contribution is 2.19. The van der Waals surface area contributed by atoms with Crippen molar-refractivity contribution in [1.29, 1.82) is 0 Å². The molecule has 0 aromatic heterocycles. The van der Waals surface area contributed by atoms with E-state index in [0.29, 0.717) is 17.4 Å². The average molecular weight is 138 g/mol. The Kier molecular flexibility index (Phi) is 1.69. The molecule has 0 fully saturated rings. The van der Waals surface area contributed by atoms with Crippen LogP contribution in [0.25, 0.3) is 0 Å². The van der Waals surface area contributed by atoms with Gasteiger partial charge in [-0.25, -0.2) is 4.79 Å². The van der Waals surface area contributed by atoms with Crippen LogP contribution in [-0.4, -0.2) is 18.8 Å². The van der Waals surface area contributed by atoms with Gasteiger partial charge in [0.2, 0.25) is 0 Å². The molecule has 1 heterocycles. The Bertz CT molecular complexity index is 244. The standard InChI is InChI=1S/C7H6O3/c1-5-6(2-8)4-10-7(5)3-9/h3H,4H2,1H3. The lowest BCUT2D eigenvalue weighted by Crippen LogP contribution is -1.85. The number of rotatable bonds is 1. The van der Waals surface area contributed by atoms with Gasteiger partial charge in [0.25, 0.3) is 0 Å². The van der Waals surface area contributed by atoms with Crippen molar-refractivity contribution in [3.63, 3.8) is 0 Å². The smallest absolute Gasteiger partial charge is 0.185 e. The van der Waals surface area contributed by atoms with Crippen molar-refractivity contribution in [2.75, 3.05) is 6.61 Å². The summed E-state index contributed by atoms with van der Waals surface area (Å²) in [7, 11) is 0. The maximum Gasteiger partial charge on any atom is 0.185 e. The van der Waals surface area contributed by atoms with Gasteiger partial charge in [0.15, 0.2) is 12.0 Å². The van der Waals surface area contributed by atoms with Crippen LogP contribution in [0.4, 0.5) is 0 Å². The predicted octanol–water partition coefficient (Wildman–Crippen LogP) is 0.248. The van der Waals surface area contributed by atoms with E-state index in [1.807, 2.05) is 0 Å². The highest BCUT2D eigenvalue weighted by molar-refractivity contribution is 5.78. The Hall–Kier alpha value is -1.34. The van der Waals surface area contributed by atoms with Crippen LogP contribution >= 0.6 is 0 Å². The van der Waals surface area contributed by atoms with Crippen molar-refractivity contribution in [1.82, 2.24) is 0 Å². The molecule has 3 heteroatoms. The summed E-state index contributed by atoms with van der Waals surface area (Å²) in [4.78, 5) is 20.2. The largest absolute Gasteiger partial charge is 0.484 e. The van der Waals surface area contributed by atoms with Crippen molar-refractivity contribution in [2.45, 2.75) is 6.92 Å². The molecule has 0 radical (unpaired) electrons. The van der Waals surface area contributed by atoms with Crippen LogP contribution < -0.4 is 0 Å². The summed E-state index contributed by atoms with van der Waals surface area (Å²) < 4.78 is 4.83. The Labute approximate surface area is 58.0 Å². The van der Waals surface area contributed by atoms with Crippen LogP contribution in [0, 0.1) is 0 Å². The van der Waals surface area contributed by atoms with Crippen molar-refractivity contribution in [3.05, 3.63) is 16.9 Å². The van der Waals surface area contributed by atoms with Crippen LogP contribution in [0.15, 0.2) is 16.9 Å². The van der Waals surface area contributed by atoms with Crippen LogP contribution in [0.3, 0.4) is 0 Å². The second-order valence-corrected chi connectivity index (χ2v) is 1.98. The van der Waals surface area contributed by atoms with E-state index in [4.69, 9.17) is 4.74 Å². The fraction of sp³-hybridized carbons (Fsp3) is 0.286. The first-order valence-electron chi connectivity index (χ1n) is 2.82. The highest BCUT2D eigenvalue weighted by Gasteiger charge is 2.17. The lowest BCUT2D eigenvalue weighted by Gasteiger charge is -1.89. The van der Waals surface area contributed by atoms with Crippen molar-refractivity contribution in [2.24, 2.45) is 0 Å². The van der Waals surface area contributed by atoms with Crippen molar-refractivity contribution in [3.8, 4) is 0 Å². The van der Waals surface area contributed by atoms with Crippen LogP contribution in [0.1, 0.15) is 6.92 Å². The normalized spacial score (nSPS) is 16.7. The fourth-order valence-corrected chi connectivity index (χ4v) is 0.744. The van der Waals surface area contributed by atoms with E-state index in [2.05, 4.69) is 0 Å². The maximum absolute atomic E-state index is 10.2. The zero-order valence-electron chi connectivity index (χ0n) is 5.51. The Morgan fingerprint density at radius 3 is 2.70 bits per heavy atom. The van der Waals surface area contributed by atoms with Gasteiger partial charge in [0.05, 0.1) is 5.57 Å². The van der Waals surface area contributed by atoms with E-state index in [-0.39, 0.29) is 12.4 Å². The molecule has 0 aliphatic carbocycles. The van der Waals surface area contributed by atoms with Crippen molar-refractivity contribution < 1.29 is 14.3 Å². The first-order chi connectivity index (χ1) is 4.79. The molecule has 1 aliphatic heterocycles. The molecule has 3 nitrogen and oxygen atoms in total. The molecule has 0 amide bonds. The van der Waals surface area contributed by atoms with Gasteiger partial charge in [0.1, 0.15) is 12.5 Å². The lowest BCUT2D eigenvalue weighted by molar-refractivity contribution is -0.107. The molecule has 0 saturated heterocycles. The second-order valence-electron chi connectivity index (χ2n) is 1.98. The van der Waals surface area contributed by atoms with Gasteiger partial charge < -0.3 is 4.74 Å². The SMILES string of the molecule is CC1=C(C=O)OCC1=C=O. The minimum absolute atomic E-state index is 0.184. The van der Waals surface area contributed by atoms with Gasteiger partial charge in [-0.15, -0.1) is 0 Å². The molecule has 0 spiro atoms. The molecular weight excluding hydrogens is 132 g/mol. The molecule has 52 valence electrons. The molecule has 0 aromatic rings. The van der Waals surface area contributed by atoms with Crippen LogP contribution in [-0.2, 0) is 14.3 Å². The monoisotopic (exact) mass is 138 g/mol. The summed E-state index contributed by atoms with van der Waals surface area (Å²) in [6.07, 6.45) is 0.597. The molecule has 0 atom stereocenters. The summed E-state index contributed by atoms with van der Waals surface area (Å²) in [5.74, 6) is 1.95. The Morgan fingerprint density at radius 2 is 2.40 bits per heavy atom. The molecule has 1 aliphatic rings. The number of hydrogen-bond acceptors (Lipinski definition) is 3. The van der Waals surface area contributed by atoms with E-state index in [9.17, 15) is 9.59 Å². The van der Waals surface area contributed by atoms with Gasteiger partial charge in [-0.1, -0.05) is 0 Å². The lowest BCUT2D eigenvalue weighted by atomic mass is 10.1. The van der Waals surface area contributed by atoms with E-state index in [0.717, 1.165) is 0 Å².